The van der Waals surface area contributed by atoms with Gasteiger partial charge in [0.2, 0.25) is 0 Å². The summed E-state index contributed by atoms with van der Waals surface area (Å²) >= 11 is 0. The molecule has 0 radical (unpaired) electrons. The highest BCUT2D eigenvalue weighted by molar-refractivity contribution is 6.13. The van der Waals surface area contributed by atoms with Gasteiger partial charge in [0.1, 0.15) is 22.2 Å². The van der Waals surface area contributed by atoms with Crippen LogP contribution in [0.25, 0.3) is 21.9 Å². The second kappa shape index (κ2) is 9.55. The molecule has 1 atom stereocenters. The van der Waals surface area contributed by atoms with E-state index >= 15 is 0 Å². The number of carbonyl (C=O) groups is 2. The van der Waals surface area contributed by atoms with Crippen LogP contribution in [0.4, 0.5) is 20.6 Å². The lowest BCUT2D eigenvalue weighted by Crippen LogP contribution is -2.39. The number of aromatic nitrogens is 4. The number of likely N-dealkylation sites (N-methyl/N-ethyl adjacent to an activating group) is 1. The number of fused-ring (bicyclic) bond motifs is 2. The zero-order valence-electron chi connectivity index (χ0n) is 22.0. The van der Waals surface area contributed by atoms with Crippen molar-refractivity contribution in [2.24, 2.45) is 7.05 Å². The number of anilines is 2. The number of benzene rings is 2. The zero-order valence-corrected chi connectivity index (χ0v) is 22.0. The molecule has 0 bridgehead atoms. The quantitative estimate of drug-likeness (QED) is 0.427. The lowest BCUT2D eigenvalue weighted by molar-refractivity contribution is 0.0292. The number of amides is 2. The van der Waals surface area contributed by atoms with Gasteiger partial charge in [-0.25, -0.2) is 9.18 Å². The smallest absolute Gasteiger partial charge is 0.410 e. The predicted molar refractivity (Wildman–Crippen MR) is 143 cm³/mol. The van der Waals surface area contributed by atoms with E-state index in [0.29, 0.717) is 40.8 Å². The Kier molecular flexibility index (Phi) is 6.38. The molecule has 0 spiro atoms. The summed E-state index contributed by atoms with van der Waals surface area (Å²) in [4.78, 5) is 38.5. The largest absolute Gasteiger partial charge is 0.444 e. The van der Waals surface area contributed by atoms with E-state index in [1.807, 2.05) is 33.9 Å². The van der Waals surface area contributed by atoms with E-state index in [9.17, 15) is 14.0 Å². The highest BCUT2D eigenvalue weighted by Gasteiger charge is 2.32. The molecule has 0 saturated carbocycles. The van der Waals surface area contributed by atoms with Crippen molar-refractivity contribution in [1.29, 1.82) is 0 Å². The third kappa shape index (κ3) is 4.96. The molecule has 11 heteroatoms. The molecule has 38 heavy (non-hydrogen) atoms. The van der Waals surface area contributed by atoms with Gasteiger partial charge in [0.25, 0.3) is 5.91 Å². The summed E-state index contributed by atoms with van der Waals surface area (Å²) in [5.41, 5.74) is 2.11. The summed E-state index contributed by atoms with van der Waals surface area (Å²) in [5.74, 6) is -0.943. The summed E-state index contributed by atoms with van der Waals surface area (Å²) in [5, 5.41) is 7.46. The number of aryl methyl sites for hydroxylation is 1. The van der Waals surface area contributed by atoms with Crippen molar-refractivity contribution in [2.75, 3.05) is 30.4 Å². The van der Waals surface area contributed by atoms with E-state index in [1.165, 1.54) is 16.9 Å². The van der Waals surface area contributed by atoms with Gasteiger partial charge in [0, 0.05) is 62.9 Å². The van der Waals surface area contributed by atoms with Crippen LogP contribution in [0.3, 0.4) is 0 Å². The van der Waals surface area contributed by atoms with Gasteiger partial charge in [-0.15, -0.1) is 0 Å². The summed E-state index contributed by atoms with van der Waals surface area (Å²) in [7, 11) is 3.65. The fraction of sp³-hybridized carbons (Fsp3) is 0.370. The van der Waals surface area contributed by atoms with E-state index < -0.39 is 17.3 Å². The van der Waals surface area contributed by atoms with E-state index in [0.717, 1.165) is 12.1 Å². The minimum Gasteiger partial charge on any atom is -0.444 e. The molecular weight excluding hydrogens is 489 g/mol. The average Bonchev–Trinajstić information content (AvgIpc) is 3.49. The number of hydrogen-bond donors (Lipinski definition) is 1. The van der Waals surface area contributed by atoms with Crippen LogP contribution in [0.5, 0.6) is 0 Å². The van der Waals surface area contributed by atoms with Crippen LogP contribution in [-0.4, -0.2) is 68.4 Å². The molecule has 0 aliphatic carbocycles. The summed E-state index contributed by atoms with van der Waals surface area (Å²) < 4.78 is 21.6. The molecule has 1 aliphatic heterocycles. The first-order valence-corrected chi connectivity index (χ1v) is 12.4. The highest BCUT2D eigenvalue weighted by Crippen LogP contribution is 2.30. The van der Waals surface area contributed by atoms with E-state index in [-0.39, 0.29) is 17.7 Å². The average molecular weight is 520 g/mol. The Morgan fingerprint density at radius 2 is 1.87 bits per heavy atom. The van der Waals surface area contributed by atoms with Gasteiger partial charge in [-0.3, -0.25) is 19.4 Å². The number of likely N-dealkylation sites (tertiary alicyclic amines) is 1. The monoisotopic (exact) mass is 519 g/mol. The molecule has 198 valence electrons. The third-order valence-corrected chi connectivity index (χ3v) is 6.53. The second-order valence-corrected chi connectivity index (χ2v) is 10.5. The first-order chi connectivity index (χ1) is 18.0. The van der Waals surface area contributed by atoms with Crippen molar-refractivity contribution in [1.82, 2.24) is 24.6 Å². The Balaban J connectivity index is 1.39. The summed E-state index contributed by atoms with van der Waals surface area (Å²) in [6.07, 6.45) is 5.24. The fourth-order valence-electron chi connectivity index (χ4n) is 4.74. The van der Waals surface area contributed by atoms with Crippen molar-refractivity contribution < 1.29 is 18.7 Å². The lowest BCUT2D eigenvalue weighted by Gasteiger charge is -2.28. The number of hydrogen-bond acceptors (Lipinski definition) is 7. The molecule has 5 rings (SSSR count). The van der Waals surface area contributed by atoms with Gasteiger partial charge in [-0.05, 0) is 51.5 Å². The number of nitrogens with one attached hydrogen (secondary N) is 1. The number of rotatable bonds is 4. The SMILES string of the molecule is CN(c1ccc(C(=O)Nc2cc(F)c3nn(C)cc3c2)c2nccnc12)C1CCN(C(=O)OC(C)(C)C)C1. The van der Waals surface area contributed by atoms with Crippen LogP contribution in [0.1, 0.15) is 37.6 Å². The molecule has 1 saturated heterocycles. The molecule has 4 aromatic rings. The molecule has 1 aliphatic rings. The maximum absolute atomic E-state index is 14.5. The van der Waals surface area contributed by atoms with E-state index in [4.69, 9.17) is 4.74 Å². The summed E-state index contributed by atoms with van der Waals surface area (Å²) in [6.45, 7) is 6.64. The van der Waals surface area contributed by atoms with Gasteiger partial charge in [-0.2, -0.15) is 5.10 Å². The minimum atomic E-state index is -0.557. The maximum Gasteiger partial charge on any atom is 0.410 e. The van der Waals surface area contributed by atoms with Gasteiger partial charge >= 0.3 is 6.09 Å². The van der Waals surface area contributed by atoms with Crippen LogP contribution in [-0.2, 0) is 11.8 Å². The Bertz CT molecular complexity index is 1550. The van der Waals surface area contributed by atoms with Crippen molar-refractivity contribution in [3.8, 4) is 0 Å². The Labute approximate surface area is 219 Å². The minimum absolute atomic E-state index is 0.0431. The Morgan fingerprint density at radius 3 is 2.61 bits per heavy atom. The summed E-state index contributed by atoms with van der Waals surface area (Å²) in [6, 6.07) is 6.49. The lowest BCUT2D eigenvalue weighted by atomic mass is 10.1. The van der Waals surface area contributed by atoms with E-state index in [2.05, 4.69) is 25.3 Å². The first kappa shape index (κ1) is 25.4. The number of nitrogens with zero attached hydrogens (tertiary/aromatic N) is 6. The van der Waals surface area contributed by atoms with Crippen LogP contribution >= 0.6 is 0 Å². The Hall–Kier alpha value is -4.28. The number of halogens is 1. The zero-order chi connectivity index (χ0) is 27.2. The molecule has 3 heterocycles. The molecule has 1 unspecified atom stereocenters. The molecular formula is C27H30FN7O3. The standard InChI is InChI=1S/C27H30FN7O3/c1-27(2,3)38-26(37)35-11-8-18(15-35)34(5)21-7-6-19(23-24(21)30-10-9-29-23)25(36)31-17-12-16-14-33(4)32-22(16)20(28)13-17/h6-7,9-10,12-14,18H,8,11,15H2,1-5H3,(H,31,36). The second-order valence-electron chi connectivity index (χ2n) is 10.5. The number of ether oxygens (including phenoxy) is 1. The van der Waals surface area contributed by atoms with Crippen LogP contribution in [0.15, 0.2) is 42.9 Å². The van der Waals surface area contributed by atoms with Crippen molar-refractivity contribution in [3.05, 3.63) is 54.2 Å². The maximum atomic E-state index is 14.5. The Morgan fingerprint density at radius 1 is 1.13 bits per heavy atom. The van der Waals surface area contributed by atoms with Crippen LogP contribution < -0.4 is 10.2 Å². The topological polar surface area (TPSA) is 105 Å². The van der Waals surface area contributed by atoms with Crippen molar-refractivity contribution in [3.63, 3.8) is 0 Å². The van der Waals surface area contributed by atoms with Gasteiger partial charge in [0.15, 0.2) is 5.82 Å². The van der Waals surface area contributed by atoms with Crippen molar-refractivity contribution >= 4 is 45.3 Å². The van der Waals surface area contributed by atoms with Gasteiger partial charge in [0.05, 0.1) is 11.3 Å². The predicted octanol–water partition coefficient (Wildman–Crippen LogP) is 4.35. The van der Waals surface area contributed by atoms with Crippen LogP contribution in [0, 0.1) is 5.82 Å². The van der Waals surface area contributed by atoms with Gasteiger partial charge in [-0.1, -0.05) is 0 Å². The molecule has 2 aromatic heterocycles. The third-order valence-electron chi connectivity index (χ3n) is 6.53. The number of carbonyl (C=O) groups excluding carboxylic acids is 2. The van der Waals surface area contributed by atoms with Gasteiger partial charge < -0.3 is 19.9 Å². The molecule has 10 nitrogen and oxygen atoms in total. The highest BCUT2D eigenvalue weighted by atomic mass is 19.1. The van der Waals surface area contributed by atoms with Crippen LogP contribution in [0.2, 0.25) is 0 Å². The van der Waals surface area contributed by atoms with E-state index in [1.54, 1.807) is 36.5 Å². The first-order valence-electron chi connectivity index (χ1n) is 12.4. The molecule has 1 N–H and O–H groups in total. The normalized spacial score (nSPS) is 15.7. The molecule has 1 fully saturated rings. The fourth-order valence-corrected chi connectivity index (χ4v) is 4.74. The molecule has 2 amide bonds. The molecule has 2 aromatic carbocycles. The van der Waals surface area contributed by atoms with Crippen molar-refractivity contribution in [2.45, 2.75) is 38.8 Å².